The molecule has 0 atom stereocenters. The van der Waals surface area contributed by atoms with Crippen LogP contribution in [0.15, 0.2) is 24.3 Å². The molecule has 0 aliphatic heterocycles. The summed E-state index contributed by atoms with van der Waals surface area (Å²) < 4.78 is 10.4. The SMILES string of the molecule is COCCCOCCc1ccccc1N. The van der Waals surface area contributed by atoms with Gasteiger partial charge in [-0.3, -0.25) is 0 Å². The summed E-state index contributed by atoms with van der Waals surface area (Å²) in [6.45, 7) is 2.23. The fourth-order valence-electron chi connectivity index (χ4n) is 1.35. The molecule has 0 heterocycles. The van der Waals surface area contributed by atoms with E-state index in [9.17, 15) is 0 Å². The number of nitrogen functional groups attached to an aromatic ring is 1. The smallest absolute Gasteiger partial charge is 0.0507 e. The Bertz CT molecular complexity index is 276. The molecule has 0 saturated heterocycles. The molecule has 3 nitrogen and oxygen atoms in total. The van der Waals surface area contributed by atoms with E-state index in [2.05, 4.69) is 0 Å². The van der Waals surface area contributed by atoms with E-state index in [1.54, 1.807) is 7.11 Å². The summed E-state index contributed by atoms with van der Waals surface area (Å²) in [6, 6.07) is 7.89. The van der Waals surface area contributed by atoms with Crippen molar-refractivity contribution in [3.05, 3.63) is 29.8 Å². The van der Waals surface area contributed by atoms with Crippen molar-refractivity contribution >= 4 is 5.69 Å². The standard InChI is InChI=1S/C12H19NO2/c1-14-8-4-9-15-10-7-11-5-2-3-6-12(11)13/h2-3,5-6H,4,7-10,13H2,1H3. The van der Waals surface area contributed by atoms with E-state index in [0.717, 1.165) is 43.9 Å². The van der Waals surface area contributed by atoms with Gasteiger partial charge in [0.25, 0.3) is 0 Å². The van der Waals surface area contributed by atoms with Crippen molar-refractivity contribution in [2.75, 3.05) is 32.7 Å². The van der Waals surface area contributed by atoms with E-state index in [0.29, 0.717) is 0 Å². The van der Waals surface area contributed by atoms with E-state index in [1.165, 1.54) is 0 Å². The van der Waals surface area contributed by atoms with Crippen molar-refractivity contribution < 1.29 is 9.47 Å². The Morgan fingerprint density at radius 2 is 1.93 bits per heavy atom. The molecular formula is C12H19NO2. The predicted octanol–water partition coefficient (Wildman–Crippen LogP) is 1.86. The van der Waals surface area contributed by atoms with E-state index in [-0.39, 0.29) is 0 Å². The molecule has 2 N–H and O–H groups in total. The Morgan fingerprint density at radius 3 is 2.67 bits per heavy atom. The first-order valence-electron chi connectivity index (χ1n) is 5.24. The maximum Gasteiger partial charge on any atom is 0.0507 e. The molecular weight excluding hydrogens is 190 g/mol. The largest absolute Gasteiger partial charge is 0.399 e. The third kappa shape index (κ3) is 4.81. The minimum atomic E-state index is 0.720. The van der Waals surface area contributed by atoms with Gasteiger partial charge in [-0.25, -0.2) is 0 Å². The van der Waals surface area contributed by atoms with Crippen LogP contribution in [0.3, 0.4) is 0 Å². The second-order valence-electron chi connectivity index (χ2n) is 3.41. The Hall–Kier alpha value is -1.06. The molecule has 3 heteroatoms. The van der Waals surface area contributed by atoms with Crippen LogP contribution in [0.25, 0.3) is 0 Å². The van der Waals surface area contributed by atoms with Gasteiger partial charge >= 0.3 is 0 Å². The van der Waals surface area contributed by atoms with Gasteiger partial charge in [0.05, 0.1) is 6.61 Å². The van der Waals surface area contributed by atoms with E-state index < -0.39 is 0 Å². The zero-order valence-corrected chi connectivity index (χ0v) is 9.24. The van der Waals surface area contributed by atoms with E-state index in [4.69, 9.17) is 15.2 Å². The minimum Gasteiger partial charge on any atom is -0.399 e. The van der Waals surface area contributed by atoms with Gasteiger partial charge in [-0.15, -0.1) is 0 Å². The normalized spacial score (nSPS) is 10.5. The molecule has 0 aliphatic rings. The fourth-order valence-corrected chi connectivity index (χ4v) is 1.35. The number of nitrogens with two attached hydrogens (primary N) is 1. The average Bonchev–Trinajstić information content (AvgIpc) is 2.25. The number of anilines is 1. The van der Waals surface area contributed by atoms with Crippen LogP contribution >= 0.6 is 0 Å². The van der Waals surface area contributed by atoms with E-state index in [1.807, 2.05) is 24.3 Å². The van der Waals surface area contributed by atoms with Crippen molar-refractivity contribution in [2.45, 2.75) is 12.8 Å². The van der Waals surface area contributed by atoms with Crippen molar-refractivity contribution in [3.8, 4) is 0 Å². The highest BCUT2D eigenvalue weighted by Crippen LogP contribution is 2.10. The minimum absolute atomic E-state index is 0.720. The number of hydrogen-bond acceptors (Lipinski definition) is 3. The quantitative estimate of drug-likeness (QED) is 0.550. The highest BCUT2D eigenvalue weighted by Gasteiger charge is 1.97. The van der Waals surface area contributed by atoms with E-state index >= 15 is 0 Å². The molecule has 0 radical (unpaired) electrons. The van der Waals surface area contributed by atoms with Crippen molar-refractivity contribution in [3.63, 3.8) is 0 Å². The zero-order chi connectivity index (χ0) is 10.9. The van der Waals surface area contributed by atoms with Gasteiger partial charge in [-0.2, -0.15) is 0 Å². The zero-order valence-electron chi connectivity index (χ0n) is 9.24. The molecule has 0 unspecified atom stereocenters. The van der Waals surface area contributed by atoms with Gasteiger partial charge < -0.3 is 15.2 Å². The summed E-state index contributed by atoms with van der Waals surface area (Å²) in [5.74, 6) is 0. The lowest BCUT2D eigenvalue weighted by atomic mass is 10.1. The predicted molar refractivity (Wildman–Crippen MR) is 61.9 cm³/mol. The van der Waals surface area contributed by atoms with Crippen LogP contribution in [0.1, 0.15) is 12.0 Å². The van der Waals surface area contributed by atoms with Gasteiger partial charge in [0.15, 0.2) is 0 Å². The number of para-hydroxylation sites is 1. The van der Waals surface area contributed by atoms with Gasteiger partial charge in [-0.05, 0) is 24.5 Å². The maximum absolute atomic E-state index is 5.81. The topological polar surface area (TPSA) is 44.5 Å². The monoisotopic (exact) mass is 209 g/mol. The molecule has 1 rings (SSSR count). The third-order valence-corrected chi connectivity index (χ3v) is 2.21. The number of methoxy groups -OCH3 is 1. The first-order valence-corrected chi connectivity index (χ1v) is 5.24. The Labute approximate surface area is 91.2 Å². The molecule has 0 aromatic heterocycles. The molecule has 84 valence electrons. The molecule has 1 aromatic rings. The second kappa shape index (κ2) is 7.26. The van der Waals surface area contributed by atoms with Crippen molar-refractivity contribution in [1.29, 1.82) is 0 Å². The van der Waals surface area contributed by atoms with Gasteiger partial charge in [0.2, 0.25) is 0 Å². The Morgan fingerprint density at radius 1 is 1.13 bits per heavy atom. The lowest BCUT2D eigenvalue weighted by Crippen LogP contribution is -2.04. The third-order valence-electron chi connectivity index (χ3n) is 2.21. The lowest BCUT2D eigenvalue weighted by Gasteiger charge is -2.06. The van der Waals surface area contributed by atoms with Crippen LogP contribution in [0.4, 0.5) is 5.69 Å². The number of benzene rings is 1. The summed E-state index contributed by atoms with van der Waals surface area (Å²) >= 11 is 0. The van der Waals surface area contributed by atoms with Crippen LogP contribution in [-0.2, 0) is 15.9 Å². The van der Waals surface area contributed by atoms with Crippen LogP contribution < -0.4 is 5.73 Å². The molecule has 0 amide bonds. The number of hydrogen-bond donors (Lipinski definition) is 1. The van der Waals surface area contributed by atoms with Gasteiger partial charge in [0.1, 0.15) is 0 Å². The molecule has 0 aliphatic carbocycles. The second-order valence-corrected chi connectivity index (χ2v) is 3.41. The van der Waals surface area contributed by atoms with Crippen LogP contribution in [0.5, 0.6) is 0 Å². The summed E-state index contributed by atoms with van der Waals surface area (Å²) in [4.78, 5) is 0. The summed E-state index contributed by atoms with van der Waals surface area (Å²) in [7, 11) is 1.70. The molecule has 1 aromatic carbocycles. The van der Waals surface area contributed by atoms with Gasteiger partial charge in [0, 0.05) is 26.0 Å². The molecule has 0 fully saturated rings. The van der Waals surface area contributed by atoms with Crippen LogP contribution in [-0.4, -0.2) is 26.9 Å². The number of ether oxygens (including phenoxy) is 2. The summed E-state index contributed by atoms with van der Waals surface area (Å²) in [5.41, 5.74) is 7.81. The van der Waals surface area contributed by atoms with Crippen molar-refractivity contribution in [1.82, 2.24) is 0 Å². The fraction of sp³-hybridized carbons (Fsp3) is 0.500. The average molecular weight is 209 g/mol. The summed E-state index contributed by atoms with van der Waals surface area (Å²) in [6.07, 6.45) is 1.82. The molecule has 0 bridgehead atoms. The Balaban J connectivity index is 2.12. The van der Waals surface area contributed by atoms with Crippen molar-refractivity contribution in [2.24, 2.45) is 0 Å². The maximum atomic E-state index is 5.81. The van der Waals surface area contributed by atoms with Crippen LogP contribution in [0.2, 0.25) is 0 Å². The van der Waals surface area contributed by atoms with Crippen LogP contribution in [0, 0.1) is 0 Å². The highest BCUT2D eigenvalue weighted by atomic mass is 16.5. The lowest BCUT2D eigenvalue weighted by molar-refractivity contribution is 0.105. The molecule has 0 spiro atoms. The van der Waals surface area contributed by atoms with Gasteiger partial charge in [-0.1, -0.05) is 18.2 Å². The molecule has 0 saturated carbocycles. The summed E-state index contributed by atoms with van der Waals surface area (Å²) in [5, 5.41) is 0. The highest BCUT2D eigenvalue weighted by molar-refractivity contribution is 5.46. The first kappa shape index (κ1) is 12.0. The molecule has 15 heavy (non-hydrogen) atoms. The Kier molecular flexibility index (Phi) is 5.81. The number of rotatable bonds is 7. The first-order chi connectivity index (χ1) is 7.34.